The summed E-state index contributed by atoms with van der Waals surface area (Å²) in [5.74, 6) is 0.340. The number of esters is 1. The second-order valence-electron chi connectivity index (χ2n) is 4.82. The van der Waals surface area contributed by atoms with Gasteiger partial charge in [0.15, 0.2) is 0 Å². The number of aliphatic hydroxyl groups excluding tert-OH is 1. The summed E-state index contributed by atoms with van der Waals surface area (Å²) in [6.07, 6.45) is 3.85. The van der Waals surface area contributed by atoms with Crippen LogP contribution in [0.4, 0.5) is 0 Å². The number of carbonyl (C=O) groups excluding carboxylic acids is 1. The number of ether oxygens (including phenoxy) is 1. The van der Waals surface area contributed by atoms with E-state index in [-0.39, 0.29) is 11.9 Å². The van der Waals surface area contributed by atoms with Gasteiger partial charge in [0.1, 0.15) is 0 Å². The van der Waals surface area contributed by atoms with Gasteiger partial charge in [-0.25, -0.2) is 0 Å². The molecule has 1 aliphatic rings. The van der Waals surface area contributed by atoms with Gasteiger partial charge in [0.2, 0.25) is 0 Å². The Morgan fingerprint density at radius 1 is 1.33 bits per heavy atom. The molecule has 0 aliphatic heterocycles. The van der Waals surface area contributed by atoms with Gasteiger partial charge in [0.05, 0.1) is 19.1 Å². The second kappa shape index (κ2) is 5.50. The van der Waals surface area contributed by atoms with Gasteiger partial charge < -0.3 is 9.84 Å². The number of hydrogen-bond donors (Lipinski definition) is 1. The molecule has 1 aliphatic carbocycles. The van der Waals surface area contributed by atoms with Crippen LogP contribution in [-0.4, -0.2) is 24.3 Å². The smallest absolute Gasteiger partial charge is 0.311 e. The standard InChI is InChI=1S/C12H22O3/c1-8-4-6-10(7-5-8)11(13)9(2)12(14)15-3/h8-11,13H,4-7H2,1-3H3. The van der Waals surface area contributed by atoms with Crippen LogP contribution in [0.1, 0.15) is 39.5 Å². The lowest BCUT2D eigenvalue weighted by Gasteiger charge is -2.31. The minimum atomic E-state index is -0.537. The summed E-state index contributed by atoms with van der Waals surface area (Å²) in [5, 5.41) is 10.0. The quantitative estimate of drug-likeness (QED) is 0.731. The predicted octanol–water partition coefficient (Wildman–Crippen LogP) is 1.98. The summed E-state index contributed by atoms with van der Waals surface area (Å²) in [5.41, 5.74) is 0. The Bertz CT molecular complexity index is 207. The van der Waals surface area contributed by atoms with E-state index in [1.54, 1.807) is 6.92 Å². The van der Waals surface area contributed by atoms with E-state index >= 15 is 0 Å². The van der Waals surface area contributed by atoms with E-state index in [2.05, 4.69) is 11.7 Å². The highest BCUT2D eigenvalue weighted by Gasteiger charge is 2.32. The zero-order chi connectivity index (χ0) is 11.4. The third kappa shape index (κ3) is 3.20. The van der Waals surface area contributed by atoms with Crippen LogP contribution in [0.3, 0.4) is 0 Å². The number of hydrogen-bond acceptors (Lipinski definition) is 3. The van der Waals surface area contributed by atoms with E-state index in [0.717, 1.165) is 31.6 Å². The molecule has 0 aromatic rings. The monoisotopic (exact) mass is 214 g/mol. The molecule has 0 heterocycles. The van der Waals surface area contributed by atoms with Crippen LogP contribution in [0.25, 0.3) is 0 Å². The Hall–Kier alpha value is -0.570. The molecule has 0 spiro atoms. The Kier molecular flexibility index (Phi) is 4.58. The zero-order valence-electron chi connectivity index (χ0n) is 9.90. The minimum absolute atomic E-state index is 0.273. The van der Waals surface area contributed by atoms with Crippen LogP contribution in [0.5, 0.6) is 0 Å². The Balaban J connectivity index is 2.45. The van der Waals surface area contributed by atoms with E-state index in [1.165, 1.54) is 7.11 Å². The van der Waals surface area contributed by atoms with Crippen molar-refractivity contribution in [1.29, 1.82) is 0 Å². The van der Waals surface area contributed by atoms with Crippen LogP contribution >= 0.6 is 0 Å². The Morgan fingerprint density at radius 3 is 2.33 bits per heavy atom. The van der Waals surface area contributed by atoms with Crippen molar-refractivity contribution in [2.24, 2.45) is 17.8 Å². The maximum absolute atomic E-state index is 11.3. The molecular weight excluding hydrogens is 192 g/mol. The first-order valence-electron chi connectivity index (χ1n) is 5.82. The first kappa shape index (κ1) is 12.5. The normalized spacial score (nSPS) is 30.7. The highest BCUT2D eigenvalue weighted by Crippen LogP contribution is 2.32. The fourth-order valence-corrected chi connectivity index (χ4v) is 2.36. The third-order valence-electron chi connectivity index (χ3n) is 3.63. The van der Waals surface area contributed by atoms with E-state index in [0.29, 0.717) is 0 Å². The van der Waals surface area contributed by atoms with Crippen LogP contribution in [-0.2, 0) is 9.53 Å². The topological polar surface area (TPSA) is 46.5 Å². The molecule has 3 nitrogen and oxygen atoms in total. The van der Waals surface area contributed by atoms with Gasteiger partial charge in [-0.1, -0.05) is 19.8 Å². The molecule has 0 aromatic heterocycles. The summed E-state index contributed by atoms with van der Waals surface area (Å²) in [6.45, 7) is 3.99. The van der Waals surface area contributed by atoms with Crippen molar-refractivity contribution in [3.63, 3.8) is 0 Å². The molecule has 0 saturated heterocycles. The molecule has 0 aromatic carbocycles. The van der Waals surface area contributed by atoms with Crippen LogP contribution in [0, 0.1) is 17.8 Å². The highest BCUT2D eigenvalue weighted by molar-refractivity contribution is 5.72. The van der Waals surface area contributed by atoms with Gasteiger partial charge in [0.25, 0.3) is 0 Å². The molecule has 0 amide bonds. The number of carbonyl (C=O) groups is 1. The molecule has 1 saturated carbocycles. The van der Waals surface area contributed by atoms with E-state index in [1.807, 2.05) is 0 Å². The van der Waals surface area contributed by atoms with Gasteiger partial charge >= 0.3 is 5.97 Å². The van der Waals surface area contributed by atoms with Crippen molar-refractivity contribution >= 4 is 5.97 Å². The van der Waals surface area contributed by atoms with Crippen molar-refractivity contribution in [2.75, 3.05) is 7.11 Å². The average Bonchev–Trinajstić information content (AvgIpc) is 2.27. The summed E-state index contributed by atoms with van der Waals surface area (Å²) in [6, 6.07) is 0. The van der Waals surface area contributed by atoms with Crippen LogP contribution < -0.4 is 0 Å². The fraction of sp³-hybridized carbons (Fsp3) is 0.917. The fourth-order valence-electron chi connectivity index (χ4n) is 2.36. The van der Waals surface area contributed by atoms with Gasteiger partial charge in [0, 0.05) is 0 Å². The van der Waals surface area contributed by atoms with Gasteiger partial charge in [-0.2, -0.15) is 0 Å². The van der Waals surface area contributed by atoms with Crippen molar-refractivity contribution in [3.8, 4) is 0 Å². The van der Waals surface area contributed by atoms with Gasteiger partial charge in [-0.15, -0.1) is 0 Å². The molecule has 15 heavy (non-hydrogen) atoms. The van der Waals surface area contributed by atoms with E-state index in [4.69, 9.17) is 0 Å². The second-order valence-corrected chi connectivity index (χ2v) is 4.82. The molecule has 2 atom stereocenters. The molecule has 88 valence electrons. The van der Waals surface area contributed by atoms with Crippen molar-refractivity contribution in [3.05, 3.63) is 0 Å². The van der Waals surface area contributed by atoms with Crippen LogP contribution in [0.2, 0.25) is 0 Å². The molecular formula is C12H22O3. The molecule has 0 bridgehead atoms. The van der Waals surface area contributed by atoms with Crippen LogP contribution in [0.15, 0.2) is 0 Å². The molecule has 2 unspecified atom stereocenters. The Labute approximate surface area is 91.8 Å². The maximum atomic E-state index is 11.3. The lowest BCUT2D eigenvalue weighted by molar-refractivity contribution is -0.150. The first-order chi connectivity index (χ1) is 7.06. The maximum Gasteiger partial charge on any atom is 0.311 e. The van der Waals surface area contributed by atoms with E-state index in [9.17, 15) is 9.90 Å². The van der Waals surface area contributed by atoms with E-state index < -0.39 is 12.0 Å². The summed E-state index contributed by atoms with van der Waals surface area (Å²) >= 11 is 0. The number of methoxy groups -OCH3 is 1. The Morgan fingerprint density at radius 2 is 1.87 bits per heavy atom. The molecule has 1 rings (SSSR count). The SMILES string of the molecule is COC(=O)C(C)C(O)C1CCC(C)CC1. The summed E-state index contributed by atoms with van der Waals surface area (Å²) in [7, 11) is 1.37. The lowest BCUT2D eigenvalue weighted by atomic mass is 9.77. The lowest BCUT2D eigenvalue weighted by Crippen LogP contribution is -2.35. The average molecular weight is 214 g/mol. The number of aliphatic hydroxyl groups is 1. The van der Waals surface area contributed by atoms with Crippen molar-refractivity contribution < 1.29 is 14.6 Å². The molecule has 0 radical (unpaired) electrons. The first-order valence-corrected chi connectivity index (χ1v) is 5.82. The summed E-state index contributed by atoms with van der Waals surface area (Å²) < 4.78 is 4.65. The van der Waals surface area contributed by atoms with Crippen molar-refractivity contribution in [2.45, 2.75) is 45.6 Å². The zero-order valence-corrected chi connectivity index (χ0v) is 9.90. The minimum Gasteiger partial charge on any atom is -0.469 e. The third-order valence-corrected chi connectivity index (χ3v) is 3.63. The number of rotatable bonds is 3. The molecule has 3 heteroatoms. The largest absolute Gasteiger partial charge is 0.469 e. The van der Waals surface area contributed by atoms with Gasteiger partial charge in [-0.05, 0) is 31.6 Å². The van der Waals surface area contributed by atoms with Crippen molar-refractivity contribution in [1.82, 2.24) is 0 Å². The molecule has 1 N–H and O–H groups in total. The highest BCUT2D eigenvalue weighted by atomic mass is 16.5. The van der Waals surface area contributed by atoms with Gasteiger partial charge in [-0.3, -0.25) is 4.79 Å². The molecule has 1 fully saturated rings. The summed E-state index contributed by atoms with van der Waals surface area (Å²) in [4.78, 5) is 11.3. The predicted molar refractivity (Wildman–Crippen MR) is 58.3 cm³/mol.